The maximum absolute atomic E-state index is 8.54. The first kappa shape index (κ1) is 12.0. The Morgan fingerprint density at radius 2 is 1.92 bits per heavy atom. The molecule has 2 N–H and O–H groups in total. The van der Waals surface area contributed by atoms with Crippen molar-refractivity contribution in [1.82, 2.24) is 0 Å². The molecule has 0 saturated carbocycles. The molecule has 1 rings (SSSR count). The van der Waals surface area contributed by atoms with Gasteiger partial charge in [0.2, 0.25) is 0 Å². The minimum absolute atomic E-state index is 0. The second-order valence-electron chi connectivity index (χ2n) is 2.99. The number of hydrogen-bond acceptors (Lipinski definition) is 2. The van der Waals surface area contributed by atoms with Crippen molar-refractivity contribution in [3.05, 3.63) is 35.4 Å². The van der Waals surface area contributed by atoms with Gasteiger partial charge in [0.05, 0.1) is 11.6 Å². The van der Waals surface area contributed by atoms with Gasteiger partial charge in [-0.25, -0.2) is 0 Å². The molecule has 0 amide bonds. The van der Waals surface area contributed by atoms with Gasteiger partial charge in [0.1, 0.15) is 0 Å². The average molecular weight is 197 g/mol. The van der Waals surface area contributed by atoms with Gasteiger partial charge in [0, 0.05) is 6.04 Å². The molecule has 0 aliphatic rings. The minimum Gasteiger partial charge on any atom is -0.328 e. The van der Waals surface area contributed by atoms with E-state index in [9.17, 15) is 0 Å². The van der Waals surface area contributed by atoms with Gasteiger partial charge in [-0.15, -0.1) is 12.4 Å². The molecular formula is C10H13ClN2. The topological polar surface area (TPSA) is 49.8 Å². The van der Waals surface area contributed by atoms with E-state index in [2.05, 4.69) is 6.07 Å². The third kappa shape index (κ3) is 3.93. The molecule has 3 heteroatoms. The number of nitrogens with two attached hydrogens (primary N) is 1. The summed E-state index contributed by atoms with van der Waals surface area (Å²) in [5.41, 5.74) is 7.51. The second kappa shape index (κ2) is 5.58. The highest BCUT2D eigenvalue weighted by atomic mass is 35.5. The SMILES string of the molecule is CC(N)Cc1ccc(C#N)cc1.Cl. The predicted molar refractivity (Wildman–Crippen MR) is 55.8 cm³/mol. The van der Waals surface area contributed by atoms with E-state index in [0.717, 1.165) is 6.42 Å². The molecule has 0 fully saturated rings. The van der Waals surface area contributed by atoms with E-state index in [1.807, 2.05) is 31.2 Å². The van der Waals surface area contributed by atoms with Gasteiger partial charge in [0.25, 0.3) is 0 Å². The van der Waals surface area contributed by atoms with Crippen LogP contribution >= 0.6 is 12.4 Å². The van der Waals surface area contributed by atoms with Gasteiger partial charge in [0.15, 0.2) is 0 Å². The summed E-state index contributed by atoms with van der Waals surface area (Å²) in [5, 5.41) is 8.54. The molecule has 0 radical (unpaired) electrons. The minimum atomic E-state index is 0. The van der Waals surface area contributed by atoms with Crippen LogP contribution in [0.15, 0.2) is 24.3 Å². The van der Waals surface area contributed by atoms with Crippen molar-refractivity contribution in [2.45, 2.75) is 19.4 Å². The summed E-state index contributed by atoms with van der Waals surface area (Å²) in [5.74, 6) is 0. The fraction of sp³-hybridized carbons (Fsp3) is 0.300. The Bertz CT molecular complexity index is 285. The number of benzene rings is 1. The maximum Gasteiger partial charge on any atom is 0.0991 e. The van der Waals surface area contributed by atoms with E-state index in [4.69, 9.17) is 11.0 Å². The second-order valence-corrected chi connectivity index (χ2v) is 2.99. The molecule has 1 aromatic rings. The van der Waals surface area contributed by atoms with Gasteiger partial charge < -0.3 is 5.73 Å². The van der Waals surface area contributed by atoms with Crippen LogP contribution in [0, 0.1) is 11.3 Å². The summed E-state index contributed by atoms with van der Waals surface area (Å²) in [7, 11) is 0. The number of hydrogen-bond donors (Lipinski definition) is 1. The van der Waals surface area contributed by atoms with Crippen molar-refractivity contribution < 1.29 is 0 Å². The molecule has 0 aliphatic carbocycles. The van der Waals surface area contributed by atoms with Crippen LogP contribution in [0.25, 0.3) is 0 Å². The summed E-state index contributed by atoms with van der Waals surface area (Å²) in [4.78, 5) is 0. The molecule has 1 unspecified atom stereocenters. The van der Waals surface area contributed by atoms with E-state index >= 15 is 0 Å². The van der Waals surface area contributed by atoms with Crippen LogP contribution < -0.4 is 5.73 Å². The zero-order valence-electron chi connectivity index (χ0n) is 7.53. The third-order valence-corrected chi connectivity index (χ3v) is 1.64. The highest BCUT2D eigenvalue weighted by Crippen LogP contribution is 2.04. The first-order chi connectivity index (χ1) is 5.72. The smallest absolute Gasteiger partial charge is 0.0991 e. The molecule has 0 spiro atoms. The normalized spacial score (nSPS) is 11.2. The Hall–Kier alpha value is -1.04. The standard InChI is InChI=1S/C10H12N2.ClH/c1-8(12)6-9-2-4-10(7-11)5-3-9;/h2-5,8H,6,12H2,1H3;1H. The highest BCUT2D eigenvalue weighted by molar-refractivity contribution is 5.85. The number of halogens is 1. The molecule has 1 aromatic carbocycles. The van der Waals surface area contributed by atoms with Crippen molar-refractivity contribution in [3.8, 4) is 6.07 Å². The third-order valence-electron chi connectivity index (χ3n) is 1.64. The van der Waals surface area contributed by atoms with Crippen LogP contribution in [0.2, 0.25) is 0 Å². The van der Waals surface area contributed by atoms with E-state index in [-0.39, 0.29) is 18.4 Å². The fourth-order valence-electron chi connectivity index (χ4n) is 1.09. The van der Waals surface area contributed by atoms with Gasteiger partial charge in [-0.2, -0.15) is 5.26 Å². The lowest BCUT2D eigenvalue weighted by molar-refractivity contribution is 0.738. The molecule has 0 aliphatic heterocycles. The first-order valence-corrected chi connectivity index (χ1v) is 3.97. The van der Waals surface area contributed by atoms with E-state index in [1.165, 1.54) is 5.56 Å². The number of nitrogens with zero attached hydrogens (tertiary/aromatic N) is 1. The zero-order valence-corrected chi connectivity index (χ0v) is 8.34. The lowest BCUT2D eigenvalue weighted by Crippen LogP contribution is -2.17. The quantitative estimate of drug-likeness (QED) is 0.785. The molecule has 70 valence electrons. The van der Waals surface area contributed by atoms with Crippen LogP contribution in [0.1, 0.15) is 18.1 Å². The number of rotatable bonds is 2. The van der Waals surface area contributed by atoms with E-state index < -0.39 is 0 Å². The Labute approximate surface area is 84.8 Å². The zero-order chi connectivity index (χ0) is 8.97. The van der Waals surface area contributed by atoms with Gasteiger partial charge in [-0.3, -0.25) is 0 Å². The predicted octanol–water partition coefficient (Wildman–Crippen LogP) is 1.87. The molecule has 0 saturated heterocycles. The molecule has 0 bridgehead atoms. The van der Waals surface area contributed by atoms with Crippen LogP contribution in [0.5, 0.6) is 0 Å². The van der Waals surface area contributed by atoms with E-state index in [0.29, 0.717) is 5.56 Å². The summed E-state index contributed by atoms with van der Waals surface area (Å²) < 4.78 is 0. The summed E-state index contributed by atoms with van der Waals surface area (Å²) in [6, 6.07) is 9.78. The van der Waals surface area contributed by atoms with Crippen molar-refractivity contribution in [2.75, 3.05) is 0 Å². The molecule has 0 heterocycles. The average Bonchev–Trinajstić information content (AvgIpc) is 2.05. The van der Waals surface area contributed by atoms with Crippen LogP contribution in [-0.2, 0) is 6.42 Å². The van der Waals surface area contributed by atoms with E-state index in [1.54, 1.807) is 0 Å². The Morgan fingerprint density at radius 3 is 2.31 bits per heavy atom. The lowest BCUT2D eigenvalue weighted by atomic mass is 10.1. The van der Waals surface area contributed by atoms with Crippen molar-refractivity contribution in [2.24, 2.45) is 5.73 Å². The van der Waals surface area contributed by atoms with Crippen LogP contribution in [-0.4, -0.2) is 6.04 Å². The molecule has 1 atom stereocenters. The van der Waals surface area contributed by atoms with Crippen molar-refractivity contribution in [1.29, 1.82) is 5.26 Å². The van der Waals surface area contributed by atoms with Crippen LogP contribution in [0.4, 0.5) is 0 Å². The van der Waals surface area contributed by atoms with Gasteiger partial charge in [-0.05, 0) is 31.0 Å². The number of nitriles is 1. The monoisotopic (exact) mass is 196 g/mol. The van der Waals surface area contributed by atoms with Crippen LogP contribution in [0.3, 0.4) is 0 Å². The molecule has 2 nitrogen and oxygen atoms in total. The Kier molecular flexibility index (Phi) is 5.13. The molecule has 13 heavy (non-hydrogen) atoms. The van der Waals surface area contributed by atoms with Crippen molar-refractivity contribution in [3.63, 3.8) is 0 Å². The molecule has 0 aromatic heterocycles. The lowest BCUT2D eigenvalue weighted by Gasteiger charge is -2.03. The Balaban J connectivity index is 0.00000144. The first-order valence-electron chi connectivity index (χ1n) is 3.97. The fourth-order valence-corrected chi connectivity index (χ4v) is 1.09. The van der Waals surface area contributed by atoms with Gasteiger partial charge >= 0.3 is 0 Å². The summed E-state index contributed by atoms with van der Waals surface area (Å²) in [6.45, 7) is 1.97. The summed E-state index contributed by atoms with van der Waals surface area (Å²) >= 11 is 0. The summed E-state index contributed by atoms with van der Waals surface area (Å²) in [6.07, 6.45) is 0.867. The largest absolute Gasteiger partial charge is 0.328 e. The maximum atomic E-state index is 8.54. The molecular weight excluding hydrogens is 184 g/mol. The highest BCUT2D eigenvalue weighted by Gasteiger charge is 1.97. The van der Waals surface area contributed by atoms with Crippen molar-refractivity contribution >= 4 is 12.4 Å². The van der Waals surface area contributed by atoms with Gasteiger partial charge in [-0.1, -0.05) is 12.1 Å². The Morgan fingerprint density at radius 1 is 1.38 bits per heavy atom.